The summed E-state index contributed by atoms with van der Waals surface area (Å²) in [5, 5.41) is 23.1. The Morgan fingerprint density at radius 2 is 0.725 bits per heavy atom. The quantitative estimate of drug-likeness (QED) is 0.0321. The fourth-order valence-electron chi connectivity index (χ4n) is 9.73. The average Bonchev–Trinajstić information content (AvgIpc) is 3.35. The van der Waals surface area contributed by atoms with Crippen molar-refractivity contribution in [3.8, 4) is 0 Å². The lowest BCUT2D eigenvalue weighted by Crippen LogP contribution is -2.45. The predicted octanol–water partition coefficient (Wildman–Crippen LogP) is 19.4. The van der Waals surface area contributed by atoms with Crippen LogP contribution in [0.15, 0.2) is 24.3 Å². The Kier molecular flexibility index (Phi) is 57.5. The molecule has 0 aliphatic heterocycles. The van der Waals surface area contributed by atoms with Gasteiger partial charge in [0, 0.05) is 12.8 Å². The summed E-state index contributed by atoms with van der Waals surface area (Å²) in [7, 11) is 0. The highest BCUT2D eigenvalue weighted by molar-refractivity contribution is 5.76. The van der Waals surface area contributed by atoms with E-state index in [9.17, 15) is 19.8 Å². The average molecular weight is 973 g/mol. The molecule has 3 N–H and O–H groups in total. The summed E-state index contributed by atoms with van der Waals surface area (Å²) in [5.41, 5.74) is 0. The smallest absolute Gasteiger partial charge is 0.305 e. The van der Waals surface area contributed by atoms with Crippen molar-refractivity contribution in [3.63, 3.8) is 0 Å². The number of rotatable bonds is 58. The van der Waals surface area contributed by atoms with Crippen LogP contribution in [0.3, 0.4) is 0 Å². The Bertz CT molecular complexity index is 1080. The number of ether oxygens (including phenoxy) is 1. The Balaban J connectivity index is 3.36. The van der Waals surface area contributed by atoms with E-state index in [2.05, 4.69) is 43.5 Å². The maximum absolute atomic E-state index is 12.4. The summed E-state index contributed by atoms with van der Waals surface area (Å²) < 4.78 is 5.47. The molecule has 6 nitrogen and oxygen atoms in total. The SMILES string of the molecule is CCCCCCCCCCCCCCC(=O)OCCCCCCCCCCC/C=C\C/C=C\CCCCCCCCCCCCCCCCCC(=O)NC(CO)C(O)CCCCCCCCCCC. The van der Waals surface area contributed by atoms with Gasteiger partial charge in [-0.15, -0.1) is 0 Å². The van der Waals surface area contributed by atoms with Crippen LogP contribution >= 0.6 is 0 Å². The van der Waals surface area contributed by atoms with Gasteiger partial charge in [-0.3, -0.25) is 9.59 Å². The number of aliphatic hydroxyl groups excluding tert-OH is 2. The maximum Gasteiger partial charge on any atom is 0.305 e. The van der Waals surface area contributed by atoms with E-state index in [0.29, 0.717) is 25.9 Å². The van der Waals surface area contributed by atoms with Gasteiger partial charge in [-0.1, -0.05) is 295 Å². The summed E-state index contributed by atoms with van der Waals surface area (Å²) in [6.07, 6.45) is 72.1. The fourth-order valence-corrected chi connectivity index (χ4v) is 9.73. The van der Waals surface area contributed by atoms with Crippen LogP contribution in [0, 0.1) is 0 Å². The van der Waals surface area contributed by atoms with Crippen LogP contribution in [0.4, 0.5) is 0 Å². The highest BCUT2D eigenvalue weighted by atomic mass is 16.5. The Morgan fingerprint density at radius 3 is 1.10 bits per heavy atom. The number of aliphatic hydroxyl groups is 2. The van der Waals surface area contributed by atoms with Crippen LogP contribution in [0.5, 0.6) is 0 Å². The number of unbranched alkanes of at least 4 members (excludes halogenated alkanes) is 43. The molecule has 408 valence electrons. The van der Waals surface area contributed by atoms with Gasteiger partial charge in [-0.2, -0.15) is 0 Å². The zero-order chi connectivity index (χ0) is 50.0. The van der Waals surface area contributed by atoms with Crippen LogP contribution in [0.2, 0.25) is 0 Å². The monoisotopic (exact) mass is 972 g/mol. The van der Waals surface area contributed by atoms with Crippen molar-refractivity contribution in [2.24, 2.45) is 0 Å². The molecule has 0 saturated carbocycles. The molecule has 0 spiro atoms. The third-order valence-electron chi connectivity index (χ3n) is 14.5. The van der Waals surface area contributed by atoms with Gasteiger partial charge >= 0.3 is 5.97 Å². The zero-order valence-electron chi connectivity index (χ0n) is 46.6. The van der Waals surface area contributed by atoms with Crippen molar-refractivity contribution < 1.29 is 24.5 Å². The molecule has 0 aromatic heterocycles. The molecule has 0 bridgehead atoms. The summed E-state index contributed by atoms with van der Waals surface area (Å²) in [6.45, 7) is 4.94. The summed E-state index contributed by atoms with van der Waals surface area (Å²) in [4.78, 5) is 24.4. The molecule has 1 amide bonds. The molecule has 69 heavy (non-hydrogen) atoms. The second-order valence-corrected chi connectivity index (χ2v) is 21.4. The van der Waals surface area contributed by atoms with Crippen LogP contribution in [0.25, 0.3) is 0 Å². The lowest BCUT2D eigenvalue weighted by molar-refractivity contribution is -0.143. The van der Waals surface area contributed by atoms with E-state index in [1.807, 2.05) is 0 Å². The number of nitrogens with one attached hydrogen (secondary N) is 1. The Labute approximate surface area is 431 Å². The molecule has 0 fully saturated rings. The molecule has 6 heteroatoms. The van der Waals surface area contributed by atoms with Gasteiger partial charge in [0.15, 0.2) is 0 Å². The number of carbonyl (C=O) groups is 2. The van der Waals surface area contributed by atoms with Crippen molar-refractivity contribution in [1.29, 1.82) is 0 Å². The Morgan fingerprint density at radius 1 is 0.406 bits per heavy atom. The van der Waals surface area contributed by atoms with Crippen LogP contribution in [-0.4, -0.2) is 47.4 Å². The van der Waals surface area contributed by atoms with Crippen molar-refractivity contribution >= 4 is 11.9 Å². The number of hydrogen-bond donors (Lipinski definition) is 3. The first-order valence-electron chi connectivity index (χ1n) is 31.1. The molecule has 0 heterocycles. The van der Waals surface area contributed by atoms with Crippen LogP contribution in [0.1, 0.15) is 341 Å². The Hall–Kier alpha value is -1.66. The van der Waals surface area contributed by atoms with Gasteiger partial charge in [0.25, 0.3) is 0 Å². The molecular formula is C63H121NO5. The minimum atomic E-state index is -0.661. The van der Waals surface area contributed by atoms with Gasteiger partial charge in [-0.05, 0) is 57.8 Å². The summed E-state index contributed by atoms with van der Waals surface area (Å²) in [6, 6.07) is -0.538. The van der Waals surface area contributed by atoms with E-state index in [1.54, 1.807) is 0 Å². The number of amides is 1. The molecule has 0 aliphatic carbocycles. The van der Waals surface area contributed by atoms with Crippen LogP contribution < -0.4 is 5.32 Å². The number of esters is 1. The first-order valence-corrected chi connectivity index (χ1v) is 31.1. The second kappa shape index (κ2) is 58.9. The second-order valence-electron chi connectivity index (χ2n) is 21.4. The van der Waals surface area contributed by atoms with E-state index < -0.39 is 12.1 Å². The number of carbonyl (C=O) groups excluding carboxylic acids is 2. The summed E-state index contributed by atoms with van der Waals surface area (Å²) in [5.74, 6) is -0.0218. The van der Waals surface area contributed by atoms with Crippen molar-refractivity contribution in [2.75, 3.05) is 13.2 Å². The standard InChI is InChI=1S/C63H121NO5/c1-3-5-7-9-11-13-14-37-41-45-49-53-57-63(68)69-58-54-50-46-42-38-35-33-31-29-27-25-23-21-19-17-15-16-18-20-22-24-26-28-30-32-34-36-40-44-48-52-56-62(67)64-60(59-65)61(66)55-51-47-43-39-12-10-8-6-4-2/h17,19,23,25,60-61,65-66H,3-16,18,20-22,24,26-59H2,1-2H3,(H,64,67)/b19-17-,25-23-. The molecule has 0 radical (unpaired) electrons. The molecule has 2 atom stereocenters. The van der Waals surface area contributed by atoms with Gasteiger partial charge in [-0.25, -0.2) is 0 Å². The van der Waals surface area contributed by atoms with Crippen LogP contribution in [-0.2, 0) is 14.3 Å². The third-order valence-corrected chi connectivity index (χ3v) is 14.5. The zero-order valence-corrected chi connectivity index (χ0v) is 46.6. The number of hydrogen-bond acceptors (Lipinski definition) is 5. The van der Waals surface area contributed by atoms with E-state index in [1.165, 1.54) is 263 Å². The topological polar surface area (TPSA) is 95.9 Å². The molecule has 0 saturated heterocycles. The molecule has 2 unspecified atom stereocenters. The minimum Gasteiger partial charge on any atom is -0.466 e. The first-order chi connectivity index (χ1) is 34.0. The van der Waals surface area contributed by atoms with Gasteiger partial charge in [0.05, 0.1) is 25.4 Å². The molecule has 0 aliphatic rings. The van der Waals surface area contributed by atoms with Crippen molar-refractivity contribution in [1.82, 2.24) is 5.32 Å². The lowest BCUT2D eigenvalue weighted by atomic mass is 10.0. The third kappa shape index (κ3) is 55.5. The van der Waals surface area contributed by atoms with Gasteiger partial charge < -0.3 is 20.3 Å². The highest BCUT2D eigenvalue weighted by Gasteiger charge is 2.20. The summed E-state index contributed by atoms with van der Waals surface area (Å²) >= 11 is 0. The van der Waals surface area contributed by atoms with E-state index in [4.69, 9.17) is 4.74 Å². The van der Waals surface area contributed by atoms with Crippen molar-refractivity contribution in [3.05, 3.63) is 24.3 Å². The molecule has 0 aromatic carbocycles. The molecular weight excluding hydrogens is 851 g/mol. The number of allylic oxidation sites excluding steroid dienone is 4. The van der Waals surface area contributed by atoms with E-state index in [-0.39, 0.29) is 18.5 Å². The normalized spacial score (nSPS) is 12.7. The predicted molar refractivity (Wildman–Crippen MR) is 301 cm³/mol. The molecule has 0 aromatic rings. The minimum absolute atomic E-state index is 0.0140. The van der Waals surface area contributed by atoms with Gasteiger partial charge in [0.1, 0.15) is 0 Å². The largest absolute Gasteiger partial charge is 0.466 e. The maximum atomic E-state index is 12.4. The lowest BCUT2D eigenvalue weighted by Gasteiger charge is -2.22. The van der Waals surface area contributed by atoms with Crippen molar-refractivity contribution in [2.45, 2.75) is 353 Å². The van der Waals surface area contributed by atoms with Gasteiger partial charge in [0.2, 0.25) is 5.91 Å². The van der Waals surface area contributed by atoms with E-state index >= 15 is 0 Å². The highest BCUT2D eigenvalue weighted by Crippen LogP contribution is 2.17. The first kappa shape index (κ1) is 67.3. The van der Waals surface area contributed by atoms with E-state index in [0.717, 1.165) is 44.9 Å². The molecule has 0 rings (SSSR count). The fraction of sp³-hybridized carbons (Fsp3) is 0.905.